The number of nitrogens with two attached hydrogens (primary N) is 1. The molecule has 7 nitrogen and oxygen atoms in total. The third-order valence-electron chi connectivity index (χ3n) is 2.25. The molecule has 0 fully saturated rings. The Balaban J connectivity index is 1.94. The molecule has 1 aromatic carbocycles. The summed E-state index contributed by atoms with van der Waals surface area (Å²) >= 11 is 1.35. The van der Waals surface area contributed by atoms with Crippen LogP contribution in [0.3, 0.4) is 0 Å². The topological polar surface area (TPSA) is 95.4 Å². The van der Waals surface area contributed by atoms with Crippen LogP contribution in [0.1, 0.15) is 5.01 Å². The molecule has 0 spiro atoms. The number of rotatable bonds is 3. The lowest BCUT2D eigenvalue weighted by atomic mass is 10.2. The Morgan fingerprint density at radius 3 is 2.67 bits per heavy atom. The van der Waals surface area contributed by atoms with Crippen molar-refractivity contribution < 1.29 is 0 Å². The molecule has 0 aliphatic heterocycles. The van der Waals surface area contributed by atoms with Crippen LogP contribution >= 0.6 is 11.3 Å². The minimum Gasteiger partial charge on any atom is -0.324 e. The molecule has 0 aliphatic rings. The number of tetrazole rings is 1. The minimum atomic E-state index is 0.359. The van der Waals surface area contributed by atoms with E-state index in [1.807, 2.05) is 30.3 Å². The standard InChI is InChI=1S/C10H9N7S/c11-6-8-12-14-10(18-8)17-15-9(13-16-17)7-4-2-1-3-5-7/h1-5H,6,11H2. The first kappa shape index (κ1) is 10.9. The Bertz CT molecular complexity index is 645. The molecule has 18 heavy (non-hydrogen) atoms. The van der Waals surface area contributed by atoms with E-state index in [-0.39, 0.29) is 0 Å². The van der Waals surface area contributed by atoms with Gasteiger partial charge in [-0.1, -0.05) is 46.5 Å². The number of benzene rings is 1. The van der Waals surface area contributed by atoms with Crippen molar-refractivity contribution in [3.63, 3.8) is 0 Å². The van der Waals surface area contributed by atoms with E-state index in [1.165, 1.54) is 16.1 Å². The van der Waals surface area contributed by atoms with E-state index in [4.69, 9.17) is 5.73 Å². The molecule has 8 heteroatoms. The molecule has 0 saturated carbocycles. The van der Waals surface area contributed by atoms with Crippen molar-refractivity contribution in [1.29, 1.82) is 0 Å². The maximum Gasteiger partial charge on any atom is 0.253 e. The van der Waals surface area contributed by atoms with Crippen LogP contribution in [0.2, 0.25) is 0 Å². The molecule has 0 amide bonds. The van der Waals surface area contributed by atoms with Crippen LogP contribution < -0.4 is 5.73 Å². The zero-order chi connectivity index (χ0) is 12.4. The van der Waals surface area contributed by atoms with E-state index in [2.05, 4.69) is 25.6 Å². The zero-order valence-corrected chi connectivity index (χ0v) is 10.1. The Morgan fingerprint density at radius 2 is 1.94 bits per heavy atom. The zero-order valence-electron chi connectivity index (χ0n) is 9.26. The second kappa shape index (κ2) is 4.59. The lowest BCUT2D eigenvalue weighted by molar-refractivity contribution is 0.705. The maximum atomic E-state index is 5.48. The van der Waals surface area contributed by atoms with Gasteiger partial charge >= 0.3 is 0 Å². The van der Waals surface area contributed by atoms with Gasteiger partial charge < -0.3 is 5.73 Å². The summed E-state index contributed by atoms with van der Waals surface area (Å²) in [5.41, 5.74) is 6.39. The van der Waals surface area contributed by atoms with Gasteiger partial charge in [-0.05, 0) is 5.21 Å². The van der Waals surface area contributed by atoms with Gasteiger partial charge in [0.2, 0.25) is 5.82 Å². The normalized spacial score (nSPS) is 10.7. The van der Waals surface area contributed by atoms with Gasteiger partial charge in [0.15, 0.2) is 0 Å². The molecule has 2 aromatic heterocycles. The first-order chi connectivity index (χ1) is 8.86. The first-order valence-corrected chi connectivity index (χ1v) is 6.07. The minimum absolute atomic E-state index is 0.359. The van der Waals surface area contributed by atoms with Crippen molar-refractivity contribution in [1.82, 2.24) is 30.4 Å². The fourth-order valence-corrected chi connectivity index (χ4v) is 2.02. The summed E-state index contributed by atoms with van der Waals surface area (Å²) in [5, 5.41) is 21.4. The van der Waals surface area contributed by atoms with Crippen molar-refractivity contribution in [3.05, 3.63) is 35.3 Å². The van der Waals surface area contributed by atoms with Crippen LogP contribution in [0.5, 0.6) is 0 Å². The monoisotopic (exact) mass is 259 g/mol. The average molecular weight is 259 g/mol. The predicted molar refractivity (Wildman–Crippen MR) is 65.9 cm³/mol. The smallest absolute Gasteiger partial charge is 0.253 e. The molecule has 2 heterocycles. The quantitative estimate of drug-likeness (QED) is 0.741. The van der Waals surface area contributed by atoms with Crippen LogP contribution in [0, 0.1) is 0 Å². The Labute approximate surface area is 106 Å². The second-order valence-electron chi connectivity index (χ2n) is 3.45. The molecule has 0 radical (unpaired) electrons. The van der Waals surface area contributed by atoms with Crippen LogP contribution in [0.25, 0.3) is 16.5 Å². The average Bonchev–Trinajstić information content (AvgIpc) is 3.08. The van der Waals surface area contributed by atoms with E-state index >= 15 is 0 Å². The fourth-order valence-electron chi connectivity index (χ4n) is 1.41. The van der Waals surface area contributed by atoms with E-state index in [9.17, 15) is 0 Å². The summed E-state index contributed by atoms with van der Waals surface area (Å²) in [6.07, 6.45) is 0. The van der Waals surface area contributed by atoms with Gasteiger partial charge in [0.1, 0.15) is 5.01 Å². The summed E-state index contributed by atoms with van der Waals surface area (Å²) in [4.78, 5) is 1.36. The van der Waals surface area contributed by atoms with Gasteiger partial charge in [-0.15, -0.1) is 20.4 Å². The van der Waals surface area contributed by atoms with Crippen molar-refractivity contribution in [2.75, 3.05) is 0 Å². The molecule has 0 aliphatic carbocycles. The molecule has 0 atom stereocenters. The maximum absolute atomic E-state index is 5.48. The highest BCUT2D eigenvalue weighted by Crippen LogP contribution is 2.15. The van der Waals surface area contributed by atoms with E-state index in [0.717, 1.165) is 10.6 Å². The second-order valence-corrected chi connectivity index (χ2v) is 4.49. The van der Waals surface area contributed by atoms with E-state index in [0.29, 0.717) is 17.5 Å². The third kappa shape index (κ3) is 1.98. The van der Waals surface area contributed by atoms with Crippen molar-refractivity contribution in [3.8, 4) is 16.5 Å². The highest BCUT2D eigenvalue weighted by Gasteiger charge is 2.10. The Morgan fingerprint density at radius 1 is 1.11 bits per heavy atom. The molecular weight excluding hydrogens is 250 g/mol. The lowest BCUT2D eigenvalue weighted by Gasteiger charge is -1.91. The molecule has 0 bridgehead atoms. The third-order valence-corrected chi connectivity index (χ3v) is 3.16. The summed E-state index contributed by atoms with van der Waals surface area (Å²) in [7, 11) is 0. The Hall–Kier alpha value is -2.19. The summed E-state index contributed by atoms with van der Waals surface area (Å²) in [5.74, 6) is 0.556. The van der Waals surface area contributed by atoms with Gasteiger partial charge in [0.25, 0.3) is 5.13 Å². The van der Waals surface area contributed by atoms with Gasteiger partial charge in [-0.2, -0.15) is 0 Å². The molecule has 3 aromatic rings. The molecule has 0 unspecified atom stereocenters. The fraction of sp³-hybridized carbons (Fsp3) is 0.100. The largest absolute Gasteiger partial charge is 0.324 e. The van der Waals surface area contributed by atoms with Gasteiger partial charge in [-0.25, -0.2) is 0 Å². The summed E-state index contributed by atoms with van der Waals surface area (Å²) in [6.45, 7) is 0.359. The number of nitrogens with zero attached hydrogens (tertiary/aromatic N) is 6. The molecule has 2 N–H and O–H groups in total. The number of hydrogen-bond acceptors (Lipinski definition) is 7. The molecule has 3 rings (SSSR count). The lowest BCUT2D eigenvalue weighted by Crippen LogP contribution is -1.98. The number of hydrogen-bond donors (Lipinski definition) is 1. The highest BCUT2D eigenvalue weighted by molar-refractivity contribution is 7.13. The van der Waals surface area contributed by atoms with Gasteiger partial charge in [0.05, 0.1) is 0 Å². The van der Waals surface area contributed by atoms with Crippen molar-refractivity contribution in [2.24, 2.45) is 5.73 Å². The first-order valence-electron chi connectivity index (χ1n) is 5.25. The van der Waals surface area contributed by atoms with Crippen molar-refractivity contribution in [2.45, 2.75) is 6.54 Å². The van der Waals surface area contributed by atoms with Crippen molar-refractivity contribution >= 4 is 11.3 Å². The van der Waals surface area contributed by atoms with E-state index in [1.54, 1.807) is 0 Å². The molecule has 90 valence electrons. The van der Waals surface area contributed by atoms with Crippen LogP contribution in [-0.4, -0.2) is 30.4 Å². The number of aromatic nitrogens is 6. The molecular formula is C10H9N7S. The SMILES string of the molecule is NCc1nnc(-n2nnc(-c3ccccc3)n2)s1. The molecule has 0 saturated heterocycles. The summed E-state index contributed by atoms with van der Waals surface area (Å²) in [6, 6.07) is 9.63. The van der Waals surface area contributed by atoms with E-state index < -0.39 is 0 Å². The predicted octanol–water partition coefficient (Wildman–Crippen LogP) is 0.639. The Kier molecular flexibility index (Phi) is 2.79. The summed E-state index contributed by atoms with van der Waals surface area (Å²) < 4.78 is 0. The highest BCUT2D eigenvalue weighted by atomic mass is 32.1. The van der Waals surface area contributed by atoms with Crippen LogP contribution in [0.4, 0.5) is 0 Å². The van der Waals surface area contributed by atoms with Gasteiger partial charge in [-0.3, -0.25) is 0 Å². The van der Waals surface area contributed by atoms with Crippen LogP contribution in [-0.2, 0) is 6.54 Å². The van der Waals surface area contributed by atoms with Crippen LogP contribution in [0.15, 0.2) is 30.3 Å². The van der Waals surface area contributed by atoms with Gasteiger partial charge in [0, 0.05) is 12.1 Å².